The van der Waals surface area contributed by atoms with Crippen LogP contribution in [0.3, 0.4) is 0 Å². The van der Waals surface area contributed by atoms with E-state index in [4.69, 9.17) is 9.26 Å². The van der Waals surface area contributed by atoms with Gasteiger partial charge in [0.15, 0.2) is 0 Å². The standard InChI is InChI=1S/C17H20F3N3O2/c1-24-11-12-3-2-8-23(9-12)10-15-21-16(22-25-15)13-4-6-14(7-5-13)17(18,19)20/h4-7,12H,2-3,8-11H2,1H3/t12-/m0/s1. The smallest absolute Gasteiger partial charge is 0.384 e. The van der Waals surface area contributed by atoms with Gasteiger partial charge in [0.05, 0.1) is 18.7 Å². The molecule has 5 nitrogen and oxygen atoms in total. The molecule has 0 unspecified atom stereocenters. The molecule has 1 aromatic carbocycles. The molecule has 2 heterocycles. The molecule has 25 heavy (non-hydrogen) atoms. The molecule has 0 saturated carbocycles. The van der Waals surface area contributed by atoms with Gasteiger partial charge in [-0.2, -0.15) is 18.2 Å². The summed E-state index contributed by atoms with van der Waals surface area (Å²) in [6.07, 6.45) is -2.12. The van der Waals surface area contributed by atoms with Gasteiger partial charge in [0, 0.05) is 19.2 Å². The molecule has 1 aromatic heterocycles. The van der Waals surface area contributed by atoms with E-state index >= 15 is 0 Å². The molecule has 3 rings (SSSR count). The van der Waals surface area contributed by atoms with Crippen LogP contribution in [0.1, 0.15) is 24.3 Å². The summed E-state index contributed by atoms with van der Waals surface area (Å²) in [7, 11) is 1.70. The quantitative estimate of drug-likeness (QED) is 0.820. The van der Waals surface area contributed by atoms with Crippen LogP contribution in [0.2, 0.25) is 0 Å². The SMILES string of the molecule is COC[C@H]1CCCN(Cc2nc(-c3ccc(C(F)(F)F)cc3)no2)C1. The van der Waals surface area contributed by atoms with Crippen molar-refractivity contribution in [2.45, 2.75) is 25.6 Å². The number of hydrogen-bond acceptors (Lipinski definition) is 5. The Morgan fingerprint density at radius 1 is 1.28 bits per heavy atom. The maximum atomic E-state index is 12.6. The second-order valence-electron chi connectivity index (χ2n) is 6.29. The number of benzene rings is 1. The highest BCUT2D eigenvalue weighted by molar-refractivity contribution is 5.54. The average molecular weight is 355 g/mol. The molecular formula is C17H20F3N3O2. The van der Waals surface area contributed by atoms with Crippen LogP contribution in [0.25, 0.3) is 11.4 Å². The maximum absolute atomic E-state index is 12.6. The van der Waals surface area contributed by atoms with Gasteiger partial charge in [-0.15, -0.1) is 0 Å². The Balaban J connectivity index is 1.64. The van der Waals surface area contributed by atoms with Crippen LogP contribution >= 0.6 is 0 Å². The van der Waals surface area contributed by atoms with Gasteiger partial charge in [0.25, 0.3) is 0 Å². The van der Waals surface area contributed by atoms with Crippen LogP contribution in [0, 0.1) is 5.92 Å². The molecule has 8 heteroatoms. The van der Waals surface area contributed by atoms with Gasteiger partial charge in [0.1, 0.15) is 0 Å². The van der Waals surface area contributed by atoms with Gasteiger partial charge in [-0.25, -0.2) is 0 Å². The number of nitrogens with zero attached hydrogens (tertiary/aromatic N) is 3. The van der Waals surface area contributed by atoms with Crippen molar-refractivity contribution < 1.29 is 22.4 Å². The molecule has 1 fully saturated rings. The summed E-state index contributed by atoms with van der Waals surface area (Å²) in [5, 5.41) is 3.88. The lowest BCUT2D eigenvalue weighted by Gasteiger charge is -2.31. The number of hydrogen-bond donors (Lipinski definition) is 0. The Morgan fingerprint density at radius 2 is 2.04 bits per heavy atom. The third-order valence-electron chi connectivity index (χ3n) is 4.30. The van der Waals surface area contributed by atoms with Crippen molar-refractivity contribution in [2.24, 2.45) is 5.92 Å². The highest BCUT2D eigenvalue weighted by atomic mass is 19.4. The molecule has 0 aliphatic carbocycles. The van der Waals surface area contributed by atoms with Gasteiger partial charge in [-0.1, -0.05) is 17.3 Å². The zero-order valence-corrected chi connectivity index (χ0v) is 13.9. The summed E-state index contributed by atoms with van der Waals surface area (Å²) in [5.74, 6) is 1.26. The highest BCUT2D eigenvalue weighted by Gasteiger charge is 2.30. The van der Waals surface area contributed by atoms with Crippen molar-refractivity contribution in [1.29, 1.82) is 0 Å². The lowest BCUT2D eigenvalue weighted by molar-refractivity contribution is -0.137. The van der Waals surface area contributed by atoms with E-state index in [1.54, 1.807) is 7.11 Å². The first-order chi connectivity index (χ1) is 12.0. The number of ether oxygens (including phenoxy) is 1. The first-order valence-corrected chi connectivity index (χ1v) is 8.17. The molecule has 0 N–H and O–H groups in total. The van der Waals surface area contributed by atoms with E-state index in [0.717, 1.165) is 44.7 Å². The third kappa shape index (κ3) is 4.58. The lowest BCUT2D eigenvalue weighted by atomic mass is 9.99. The summed E-state index contributed by atoms with van der Waals surface area (Å²) in [5.41, 5.74) is -0.198. The van der Waals surface area contributed by atoms with Gasteiger partial charge in [-0.3, -0.25) is 4.90 Å². The third-order valence-corrected chi connectivity index (χ3v) is 4.30. The summed E-state index contributed by atoms with van der Waals surface area (Å²) in [6.45, 7) is 3.13. The molecule has 0 radical (unpaired) electrons. The van der Waals surface area contributed by atoms with Gasteiger partial charge in [0.2, 0.25) is 11.7 Å². The molecule has 1 aliphatic heterocycles. The largest absolute Gasteiger partial charge is 0.416 e. The zero-order valence-electron chi connectivity index (χ0n) is 13.9. The Bertz CT molecular complexity index is 683. The van der Waals surface area contributed by atoms with Crippen molar-refractivity contribution in [3.63, 3.8) is 0 Å². The van der Waals surface area contributed by atoms with Gasteiger partial charge in [-0.05, 0) is 37.4 Å². The molecular weight excluding hydrogens is 335 g/mol. The zero-order chi connectivity index (χ0) is 17.9. The van der Waals surface area contributed by atoms with E-state index in [9.17, 15) is 13.2 Å². The molecule has 0 amide bonds. The minimum atomic E-state index is -4.35. The summed E-state index contributed by atoms with van der Waals surface area (Å²) in [6, 6.07) is 4.75. The fourth-order valence-electron chi connectivity index (χ4n) is 3.10. The Morgan fingerprint density at radius 3 is 2.72 bits per heavy atom. The first-order valence-electron chi connectivity index (χ1n) is 8.17. The van der Waals surface area contributed by atoms with E-state index in [1.165, 1.54) is 12.1 Å². The minimum Gasteiger partial charge on any atom is -0.384 e. The number of halogens is 3. The Kier molecular flexibility index (Phi) is 5.39. The number of rotatable bonds is 5. The minimum absolute atomic E-state index is 0.300. The maximum Gasteiger partial charge on any atom is 0.416 e. The molecule has 1 aliphatic rings. The number of alkyl halides is 3. The number of piperidine rings is 1. The molecule has 1 atom stereocenters. The van der Waals surface area contributed by atoms with E-state index in [0.29, 0.717) is 29.7 Å². The van der Waals surface area contributed by atoms with Crippen LogP contribution in [0.5, 0.6) is 0 Å². The molecule has 2 aromatic rings. The van der Waals surface area contributed by atoms with Crippen LogP contribution < -0.4 is 0 Å². The number of methoxy groups -OCH3 is 1. The number of aromatic nitrogens is 2. The summed E-state index contributed by atoms with van der Waals surface area (Å²) < 4.78 is 48.3. The number of likely N-dealkylation sites (tertiary alicyclic amines) is 1. The average Bonchev–Trinajstić information content (AvgIpc) is 3.03. The molecule has 0 bridgehead atoms. The van der Waals surface area contributed by atoms with E-state index in [2.05, 4.69) is 15.0 Å². The van der Waals surface area contributed by atoms with Crippen LogP contribution in [0.15, 0.2) is 28.8 Å². The highest BCUT2D eigenvalue weighted by Crippen LogP contribution is 2.30. The molecule has 1 saturated heterocycles. The van der Waals surface area contributed by atoms with Crippen molar-refractivity contribution in [2.75, 3.05) is 26.8 Å². The van der Waals surface area contributed by atoms with Gasteiger partial charge >= 0.3 is 6.18 Å². The normalized spacial score (nSPS) is 19.3. The predicted octanol–water partition coefficient (Wildman–Crippen LogP) is 3.61. The van der Waals surface area contributed by atoms with Crippen molar-refractivity contribution >= 4 is 0 Å². The van der Waals surface area contributed by atoms with E-state index in [-0.39, 0.29) is 0 Å². The van der Waals surface area contributed by atoms with Gasteiger partial charge < -0.3 is 9.26 Å². The molecule has 136 valence electrons. The first kappa shape index (κ1) is 17.9. The predicted molar refractivity (Wildman–Crippen MR) is 84.6 cm³/mol. The summed E-state index contributed by atoms with van der Waals surface area (Å²) in [4.78, 5) is 6.54. The summed E-state index contributed by atoms with van der Waals surface area (Å²) >= 11 is 0. The monoisotopic (exact) mass is 355 g/mol. The van der Waals surface area contributed by atoms with Crippen LogP contribution in [-0.4, -0.2) is 41.8 Å². The topological polar surface area (TPSA) is 51.4 Å². The fourth-order valence-corrected chi connectivity index (χ4v) is 3.10. The van der Waals surface area contributed by atoms with Crippen molar-refractivity contribution in [3.05, 3.63) is 35.7 Å². The Labute approximate surface area is 143 Å². The van der Waals surface area contributed by atoms with E-state index in [1.807, 2.05) is 0 Å². The van der Waals surface area contributed by atoms with Crippen LogP contribution in [-0.2, 0) is 17.5 Å². The second-order valence-corrected chi connectivity index (χ2v) is 6.29. The van der Waals surface area contributed by atoms with Crippen molar-refractivity contribution in [3.8, 4) is 11.4 Å². The van der Waals surface area contributed by atoms with Crippen LogP contribution in [0.4, 0.5) is 13.2 Å². The fraction of sp³-hybridized carbons (Fsp3) is 0.529. The second kappa shape index (κ2) is 7.53. The van der Waals surface area contributed by atoms with E-state index < -0.39 is 11.7 Å². The Hall–Kier alpha value is -1.93. The lowest BCUT2D eigenvalue weighted by Crippen LogP contribution is -2.36. The molecule has 0 spiro atoms. The van der Waals surface area contributed by atoms with Crippen molar-refractivity contribution in [1.82, 2.24) is 15.0 Å².